The van der Waals surface area contributed by atoms with E-state index in [1.807, 2.05) is 0 Å². The summed E-state index contributed by atoms with van der Waals surface area (Å²) in [5.74, 6) is -0.237. The molecule has 19 rings (SSSR count). The Labute approximate surface area is 708 Å². The van der Waals surface area contributed by atoms with E-state index < -0.39 is 0 Å². The van der Waals surface area contributed by atoms with Crippen molar-refractivity contribution in [2.75, 3.05) is 61.9 Å². The number of allylic oxidation sites excluding steroid dienone is 23. The van der Waals surface area contributed by atoms with Crippen LogP contribution >= 0.6 is 0 Å². The average Bonchev–Trinajstić information content (AvgIpc) is 1.44. The first-order chi connectivity index (χ1) is 57.1. The predicted octanol–water partition coefficient (Wildman–Crippen LogP) is 27.2. The summed E-state index contributed by atoms with van der Waals surface area (Å²) in [6.07, 6.45) is 40.1. The van der Waals surface area contributed by atoms with Crippen molar-refractivity contribution in [1.82, 2.24) is 0 Å². The molecule has 6 nitrogen and oxygen atoms in total. The Kier molecular flexibility index (Phi) is 18.7. The minimum atomic E-state index is -0.307. The third-order valence-electron chi connectivity index (χ3n) is 30.0. The molecular weight excluding hydrogens is 1440 g/mol. The summed E-state index contributed by atoms with van der Waals surface area (Å²) in [6, 6.07) is 73.4. The van der Waals surface area contributed by atoms with Gasteiger partial charge in [0.05, 0.1) is 16.9 Å². The van der Waals surface area contributed by atoms with Crippen molar-refractivity contribution in [3.63, 3.8) is 0 Å². The van der Waals surface area contributed by atoms with Gasteiger partial charge in [-0.2, -0.15) is 9.15 Å². The zero-order chi connectivity index (χ0) is 82.7. The molecule has 0 fully saturated rings. The van der Waals surface area contributed by atoms with Crippen LogP contribution in [0.3, 0.4) is 0 Å². The van der Waals surface area contributed by atoms with Gasteiger partial charge in [-0.15, -0.1) is 0 Å². The van der Waals surface area contributed by atoms with Crippen LogP contribution < -0.4 is 19.6 Å². The minimum absolute atomic E-state index is 0.0685. The molecule has 6 aliphatic heterocycles. The second kappa shape index (κ2) is 28.7. The number of nitrogens with zero attached hydrogens (tertiary/aromatic N) is 6. The van der Waals surface area contributed by atoms with E-state index in [0.717, 1.165) is 57.8 Å². The normalized spacial score (nSPS) is 23.1. The van der Waals surface area contributed by atoms with E-state index in [1.54, 1.807) is 0 Å². The Morgan fingerprint density at radius 1 is 0.319 bits per heavy atom. The van der Waals surface area contributed by atoms with Crippen molar-refractivity contribution >= 4 is 88.6 Å². The largest absolute Gasteiger partial charge is 0.367 e. The lowest BCUT2D eigenvalue weighted by atomic mass is 9.64. The number of hydrogen-bond donors (Lipinski definition) is 0. The maximum absolute atomic E-state index is 2.68. The van der Waals surface area contributed by atoms with Crippen LogP contribution in [-0.4, -0.2) is 68.9 Å². The number of likely N-dealkylation sites (N-methyl/N-ethyl adjacent to an activating group) is 4. The molecule has 0 bridgehead atoms. The molecular formula is C113H118N6+2. The van der Waals surface area contributed by atoms with Crippen LogP contribution in [0.25, 0.3) is 43.1 Å². The van der Waals surface area contributed by atoms with E-state index >= 15 is 0 Å². The number of fused-ring (bicyclic) bond motifs is 14. The molecule has 0 amide bonds. The Balaban J connectivity index is 0.928. The van der Waals surface area contributed by atoms with Gasteiger partial charge in [-0.3, -0.25) is 0 Å². The Bertz CT molecular complexity index is 6480. The van der Waals surface area contributed by atoms with Gasteiger partial charge in [0.2, 0.25) is 11.4 Å². The van der Waals surface area contributed by atoms with Crippen LogP contribution in [0.5, 0.6) is 0 Å². The van der Waals surface area contributed by atoms with Crippen molar-refractivity contribution in [3.05, 3.63) is 368 Å². The standard InChI is InChI=1S/C113H118N6/c1-108(2)86-48-27-29-50-88(86)114(13)94(108)66-56-76-38-31-40-78(58-68-96-110(5,6)104-82-44-23-19-34-72(82)52-62-90(104)116(96)15)100(76)103(101-77(57-67-95-109(3,4)87-49-28-30-51-89(87)115(95)14)39-32-41-79(101)59-69-97-111(7,8)105-83-45-24-20-35-73(83)53-63-91(105)117(97)16)102-80(60-70-98-112(9,10)106-84-46-25-21-36-74(84)54-64-92(106)118(98)17)42-33-43-81(102)61-71-99-113(11,12)107-85-47-26-22-37-75(85)55-65-93(107)119(99)18/h19-30,34-37,44-71,98,103H,31-33,38-43H2,1-18H3/q+2. The van der Waals surface area contributed by atoms with Crippen LogP contribution in [0.1, 0.15) is 174 Å². The van der Waals surface area contributed by atoms with Gasteiger partial charge in [-0.05, 0) is 250 Å². The second-order valence-electron chi connectivity index (χ2n) is 38.8. The SMILES string of the molecule is CN1C(=CC=C2CCCC(C=CC3=[N+](C)c4ccc5ccccc5c4C3(C)C)=C2C(C2=C(C=CC3=[N+](C)c4ccccc4C3(C)C)CCCC2=CC=C2N(C)c3ccc4ccccc4c3C2(C)C)C2=C(C=CC3N(C)c4ccc5ccccc5c4C3(C)C)CCCC2=CC=C2N(C)c3ccc4ccccc4c3C2(C)C)C(C)(C)c2ccccc21. The zero-order valence-corrected chi connectivity index (χ0v) is 73.6. The van der Waals surface area contributed by atoms with Crippen molar-refractivity contribution in [3.8, 4) is 0 Å². The molecule has 0 saturated carbocycles. The Morgan fingerprint density at radius 2 is 0.697 bits per heavy atom. The smallest absolute Gasteiger partial charge is 0.210 e. The number of para-hydroxylation sites is 2. The first kappa shape index (κ1) is 77.6. The molecule has 2 atom stereocenters. The quantitative estimate of drug-likeness (QED) is 0.114. The van der Waals surface area contributed by atoms with Gasteiger partial charge < -0.3 is 19.6 Å². The molecule has 0 radical (unpaired) electrons. The van der Waals surface area contributed by atoms with E-state index in [2.05, 4.69) is 421 Å². The molecule has 0 N–H and O–H groups in total. The molecule has 3 aliphatic carbocycles. The summed E-state index contributed by atoms with van der Waals surface area (Å²) < 4.78 is 5.00. The molecule has 9 aliphatic rings. The van der Waals surface area contributed by atoms with Crippen molar-refractivity contribution < 1.29 is 9.15 Å². The third kappa shape index (κ3) is 12.1. The first-order valence-corrected chi connectivity index (χ1v) is 44.0. The van der Waals surface area contributed by atoms with Gasteiger partial charge in [-0.25, -0.2) is 0 Å². The fourth-order valence-electron chi connectivity index (χ4n) is 24.1. The molecule has 10 aromatic rings. The van der Waals surface area contributed by atoms with Gasteiger partial charge in [0, 0.05) is 131 Å². The van der Waals surface area contributed by atoms with Gasteiger partial charge in [0.15, 0.2) is 11.4 Å². The highest BCUT2D eigenvalue weighted by molar-refractivity contribution is 6.08. The molecule has 6 heteroatoms. The lowest BCUT2D eigenvalue weighted by molar-refractivity contribution is -0.401. The fraction of sp³-hybridized carbons (Fsp3) is 0.310. The fourth-order valence-corrected chi connectivity index (χ4v) is 24.1. The Morgan fingerprint density at radius 3 is 1.18 bits per heavy atom. The number of rotatable bonds is 12. The summed E-state index contributed by atoms with van der Waals surface area (Å²) in [6.45, 7) is 29.6. The number of anilines is 4. The molecule has 119 heavy (non-hydrogen) atoms. The molecule has 598 valence electrons. The Hall–Kier alpha value is -11.3. The molecule has 6 heterocycles. The van der Waals surface area contributed by atoms with Gasteiger partial charge in [0.25, 0.3) is 0 Å². The minimum Gasteiger partial charge on any atom is -0.367 e. The highest BCUT2D eigenvalue weighted by Gasteiger charge is 2.49. The van der Waals surface area contributed by atoms with Crippen LogP contribution in [-0.2, 0) is 32.5 Å². The first-order valence-electron chi connectivity index (χ1n) is 44.0. The van der Waals surface area contributed by atoms with Gasteiger partial charge in [-0.1, -0.05) is 250 Å². The molecule has 2 unspecified atom stereocenters. The lowest BCUT2D eigenvalue weighted by Crippen LogP contribution is -2.37. The molecule has 0 saturated heterocycles. The average molecular weight is 1560 g/mol. The zero-order valence-electron chi connectivity index (χ0n) is 73.6. The second-order valence-corrected chi connectivity index (χ2v) is 38.8. The van der Waals surface area contributed by atoms with E-state index in [4.69, 9.17) is 0 Å². The molecule has 0 spiro atoms. The summed E-state index contributed by atoms with van der Waals surface area (Å²) in [5, 5.41) is 10.5. The monoisotopic (exact) mass is 1560 g/mol. The van der Waals surface area contributed by atoms with Crippen LogP contribution in [0.15, 0.2) is 334 Å². The maximum atomic E-state index is 2.68. The van der Waals surface area contributed by atoms with E-state index in [-0.39, 0.29) is 44.4 Å². The van der Waals surface area contributed by atoms with E-state index in [1.165, 1.54) is 189 Å². The topological polar surface area (TPSA) is 19.0 Å². The van der Waals surface area contributed by atoms with Crippen molar-refractivity contribution in [2.24, 2.45) is 5.92 Å². The number of hydrogen-bond acceptors (Lipinski definition) is 4. The van der Waals surface area contributed by atoms with Crippen LogP contribution in [0.4, 0.5) is 34.1 Å². The summed E-state index contributed by atoms with van der Waals surface area (Å²) in [5.41, 5.74) is 33.9. The van der Waals surface area contributed by atoms with E-state index in [0.29, 0.717) is 0 Å². The number of benzene rings is 10. The van der Waals surface area contributed by atoms with Gasteiger partial charge >= 0.3 is 0 Å². The maximum Gasteiger partial charge on any atom is 0.210 e. The van der Waals surface area contributed by atoms with Gasteiger partial charge in [0.1, 0.15) is 14.1 Å². The van der Waals surface area contributed by atoms with E-state index in [9.17, 15) is 0 Å². The van der Waals surface area contributed by atoms with Crippen LogP contribution in [0.2, 0.25) is 0 Å². The van der Waals surface area contributed by atoms with Crippen molar-refractivity contribution in [1.29, 1.82) is 0 Å². The summed E-state index contributed by atoms with van der Waals surface area (Å²) in [7, 11) is 13.9. The van der Waals surface area contributed by atoms with Crippen molar-refractivity contribution in [2.45, 2.75) is 179 Å². The molecule has 10 aromatic carbocycles. The summed E-state index contributed by atoms with van der Waals surface area (Å²) in [4.78, 5) is 10.1. The third-order valence-corrected chi connectivity index (χ3v) is 30.0. The summed E-state index contributed by atoms with van der Waals surface area (Å²) >= 11 is 0. The highest BCUT2D eigenvalue weighted by Crippen LogP contribution is 2.58. The predicted molar refractivity (Wildman–Crippen MR) is 508 cm³/mol. The van der Waals surface area contributed by atoms with Crippen LogP contribution in [0, 0.1) is 5.92 Å². The lowest BCUT2D eigenvalue weighted by Gasteiger charge is -2.39. The molecule has 0 aromatic heterocycles. The highest BCUT2D eigenvalue weighted by atomic mass is 15.2.